The van der Waals surface area contributed by atoms with E-state index in [0.29, 0.717) is 0 Å². The van der Waals surface area contributed by atoms with Gasteiger partial charge in [0.25, 0.3) is 0 Å². The summed E-state index contributed by atoms with van der Waals surface area (Å²) in [6.45, 7) is 34.2. The minimum absolute atomic E-state index is 0. The van der Waals surface area contributed by atoms with E-state index in [1.165, 1.54) is 50.2 Å². The molecule has 0 nitrogen and oxygen atoms in total. The Morgan fingerprint density at radius 1 is 0.600 bits per heavy atom. The smallest absolute Gasteiger partial charge is 3.00 e. The molecule has 0 aromatic heterocycles. The number of hydrogen-bond acceptors (Lipinski definition) is 0. The van der Waals surface area contributed by atoms with Crippen molar-refractivity contribution in [1.82, 2.24) is 0 Å². The van der Waals surface area contributed by atoms with Gasteiger partial charge in [-0.15, -0.1) is 13.3 Å². The summed E-state index contributed by atoms with van der Waals surface area (Å²) in [5.74, 6) is 0. The normalized spacial score (nSPS) is 18.8. The van der Waals surface area contributed by atoms with Crippen molar-refractivity contribution < 1.29 is 71.9 Å². The van der Waals surface area contributed by atoms with Gasteiger partial charge in [-0.1, -0.05) is 72.0 Å². The topological polar surface area (TPSA) is 0 Å². The average molecular weight is 855 g/mol. The van der Waals surface area contributed by atoms with Crippen LogP contribution < -0.4 is 24.8 Å². The molecule has 259 valence electrons. The third-order valence-corrected chi connectivity index (χ3v) is 9.52. The Morgan fingerprint density at radius 2 is 0.933 bits per heavy atom. The van der Waals surface area contributed by atoms with Crippen molar-refractivity contribution in [2.45, 2.75) is 110 Å². The van der Waals surface area contributed by atoms with Gasteiger partial charge in [-0.2, -0.15) is 17.2 Å². The first-order valence-electron chi connectivity index (χ1n) is 13.6. The van der Waals surface area contributed by atoms with Gasteiger partial charge < -0.3 is 54.5 Å². The summed E-state index contributed by atoms with van der Waals surface area (Å²) in [7, 11) is 9.87. The predicted molar refractivity (Wildman–Crippen MR) is 193 cm³/mol. The maximum absolute atomic E-state index is 4.93. The molecule has 0 aromatic carbocycles. The zero-order valence-corrected chi connectivity index (χ0v) is 39.9. The Bertz CT molecular complexity index is 1120. The van der Waals surface area contributed by atoms with Crippen molar-refractivity contribution >= 4 is 17.0 Å². The van der Waals surface area contributed by atoms with E-state index in [4.69, 9.17) is 17.0 Å². The molecule has 45 heavy (non-hydrogen) atoms. The molecule has 0 fully saturated rings. The number of rotatable bonds is 1. The van der Waals surface area contributed by atoms with Crippen molar-refractivity contribution in [2.75, 3.05) is 0 Å². The molecule has 0 unspecified atom stereocenters. The van der Waals surface area contributed by atoms with Gasteiger partial charge in [0, 0.05) is 10.8 Å². The van der Waals surface area contributed by atoms with Crippen LogP contribution in [-0.2, 0) is 47.1 Å². The van der Waals surface area contributed by atoms with Crippen LogP contribution in [0.3, 0.4) is 0 Å². The Balaban J connectivity index is -0.0000000987. The Kier molecular flexibility index (Phi) is 33.8. The van der Waals surface area contributed by atoms with E-state index in [-0.39, 0.29) is 97.0 Å². The van der Waals surface area contributed by atoms with Gasteiger partial charge in [0.2, 0.25) is 0 Å². The van der Waals surface area contributed by atoms with Crippen LogP contribution in [-0.4, -0.2) is 0 Å². The maximum Gasteiger partial charge on any atom is 3.00 e. The van der Waals surface area contributed by atoms with Crippen LogP contribution in [0.5, 0.6) is 0 Å². The van der Waals surface area contributed by atoms with E-state index in [1.807, 2.05) is 12.2 Å². The van der Waals surface area contributed by atoms with Crippen LogP contribution >= 0.6 is 17.0 Å². The summed E-state index contributed by atoms with van der Waals surface area (Å²) in [4.78, 5) is 0. The molecule has 0 saturated carbocycles. The third kappa shape index (κ3) is 13.9. The molecule has 4 aliphatic rings. The predicted octanol–water partition coefficient (Wildman–Crippen LogP) is 7.97. The number of allylic oxidation sites excluding steroid dienone is 16. The standard InChI is InChI=1S/C20H30.C10H15.C5H5.4CH3.4ClH.2Zr/c1-11-13(3)17(19(7,8)15(11)5)18-14(4)12(2)16(6)20(18,9)10;1-7-6-10(4,5)9(3)8(7)2;1-2-4-5-3-1;;;;;;;;;;/h1-10H3;1-5H3;1-3H,4H2;4*1H3;4*1H;;/q;6*-1;;;;;+2;+3/p-4. The summed E-state index contributed by atoms with van der Waals surface area (Å²) in [6.07, 6.45) is 13.4. The molecule has 0 saturated heterocycles. The first-order valence-corrected chi connectivity index (χ1v) is 19.9. The van der Waals surface area contributed by atoms with Crippen molar-refractivity contribution in [3.05, 3.63) is 121 Å². The first kappa shape index (κ1) is 61.1. The van der Waals surface area contributed by atoms with Crippen LogP contribution in [0.15, 0.2) is 79.5 Å². The molecule has 0 aliphatic heterocycles. The summed E-state index contributed by atoms with van der Waals surface area (Å²) < 4.78 is 0. The zero-order chi connectivity index (χ0) is 29.8. The monoisotopic (exact) mass is 850 g/mol. The second-order valence-corrected chi connectivity index (χ2v) is 16.2. The van der Waals surface area contributed by atoms with Gasteiger partial charge in [-0.05, 0) is 75.0 Å². The average Bonchev–Trinajstić information content (AvgIpc) is 3.54. The van der Waals surface area contributed by atoms with E-state index >= 15 is 0 Å². The first-order chi connectivity index (χ1) is 17.3. The Morgan fingerprint density at radius 3 is 1.04 bits per heavy atom. The maximum atomic E-state index is 4.93. The second-order valence-electron chi connectivity index (χ2n) is 12.4. The van der Waals surface area contributed by atoms with Gasteiger partial charge in [0.1, 0.15) is 0 Å². The molecule has 0 amide bonds. The Hall–Kier alpha value is 0.846. The molecule has 0 bridgehead atoms. The fourth-order valence-corrected chi connectivity index (χ4v) is 5.93. The minimum atomic E-state index is -0.826. The summed E-state index contributed by atoms with van der Waals surface area (Å²) >= 11 is -0.826. The summed E-state index contributed by atoms with van der Waals surface area (Å²) in [6, 6.07) is 0. The van der Waals surface area contributed by atoms with E-state index in [2.05, 4.69) is 122 Å². The van der Waals surface area contributed by atoms with E-state index < -0.39 is 20.8 Å². The van der Waals surface area contributed by atoms with Gasteiger partial charge in [-0.25, -0.2) is 17.7 Å². The zero-order valence-electron chi connectivity index (χ0n) is 32.0. The van der Waals surface area contributed by atoms with E-state index in [9.17, 15) is 0 Å². The van der Waals surface area contributed by atoms with Gasteiger partial charge in [0.05, 0.1) is 0 Å². The minimum Gasteiger partial charge on any atom is 3.00 e. The van der Waals surface area contributed by atoms with Crippen LogP contribution in [0.2, 0.25) is 0 Å². The Labute approximate surface area is 333 Å². The fraction of sp³-hybridized carbons (Fsp3) is 0.487. The largest absolute Gasteiger partial charge is 3.00 e. The van der Waals surface area contributed by atoms with Crippen LogP contribution in [0.1, 0.15) is 110 Å². The fourth-order valence-electron chi connectivity index (χ4n) is 5.93. The summed E-state index contributed by atoms with van der Waals surface area (Å²) in [5, 5.41) is 0. The van der Waals surface area contributed by atoms with E-state index in [0.717, 1.165) is 6.42 Å². The van der Waals surface area contributed by atoms with Crippen molar-refractivity contribution in [3.8, 4) is 0 Å². The number of halogens is 4. The van der Waals surface area contributed by atoms with Crippen molar-refractivity contribution in [2.24, 2.45) is 16.2 Å². The van der Waals surface area contributed by atoms with Crippen LogP contribution in [0.4, 0.5) is 0 Å². The SMILES string of the molecule is CC1=C(C)C(C)(C)C(C2=C(C)C(C)=C(C)C2(C)C)=C1C.CC1=[C-]C(C)(C)C(C)=C1C.[C-]1=CC=CC1.[CH3-].[CH3-].[CH3-].[CH3-].[Cl-].[Cl-].[Cl][Zr][Cl].[Zr+3]. The van der Waals surface area contributed by atoms with Crippen molar-refractivity contribution in [1.29, 1.82) is 0 Å². The van der Waals surface area contributed by atoms with E-state index in [1.54, 1.807) is 11.1 Å². The van der Waals surface area contributed by atoms with Gasteiger partial charge >= 0.3 is 64.1 Å². The van der Waals surface area contributed by atoms with Crippen molar-refractivity contribution in [3.63, 3.8) is 0 Å². The third-order valence-electron chi connectivity index (χ3n) is 9.52. The molecule has 0 atom stereocenters. The molecular weight excluding hydrogens is 793 g/mol. The molecular formula is C39H62Cl4Zr2-5. The molecule has 4 rings (SSSR count). The second kappa shape index (κ2) is 24.9. The molecule has 0 aromatic rings. The molecule has 0 spiro atoms. The van der Waals surface area contributed by atoms with Crippen LogP contribution in [0, 0.1) is 58.1 Å². The molecule has 4 aliphatic carbocycles. The summed E-state index contributed by atoms with van der Waals surface area (Å²) in [5.41, 5.74) is 16.9. The van der Waals surface area contributed by atoms with Gasteiger partial charge in [0.15, 0.2) is 0 Å². The molecule has 6 heteroatoms. The molecule has 0 heterocycles. The molecule has 0 N–H and O–H groups in total. The quantitative estimate of drug-likeness (QED) is 0.235. The van der Waals surface area contributed by atoms with Crippen LogP contribution in [0.25, 0.3) is 0 Å². The van der Waals surface area contributed by atoms with Gasteiger partial charge in [-0.3, -0.25) is 12.2 Å². The molecule has 1 radical (unpaired) electrons. The number of hydrogen-bond donors (Lipinski definition) is 0.